The van der Waals surface area contributed by atoms with E-state index in [0.29, 0.717) is 22.7 Å². The molecule has 0 unspecified atom stereocenters. The van der Waals surface area contributed by atoms with Crippen molar-refractivity contribution in [2.24, 2.45) is 0 Å². The van der Waals surface area contributed by atoms with E-state index in [-0.39, 0.29) is 17.6 Å². The van der Waals surface area contributed by atoms with Gasteiger partial charge in [-0.1, -0.05) is 11.8 Å². The summed E-state index contributed by atoms with van der Waals surface area (Å²) < 4.78 is 12.0. The number of hydrogen-bond acceptors (Lipinski definition) is 7. The summed E-state index contributed by atoms with van der Waals surface area (Å²) in [6, 6.07) is 19.6. The maximum atomic E-state index is 12.5. The number of methoxy groups -OCH3 is 2. The molecule has 0 saturated carbocycles. The zero-order chi connectivity index (χ0) is 23.2. The molecule has 2 amide bonds. The molecule has 0 bridgehead atoms. The number of ether oxygens (including phenoxy) is 2. The molecule has 0 fully saturated rings. The highest BCUT2D eigenvalue weighted by Crippen LogP contribution is 2.31. The molecule has 0 saturated heterocycles. The van der Waals surface area contributed by atoms with Gasteiger partial charge in [0.15, 0.2) is 4.34 Å². The molecule has 0 radical (unpaired) electrons. The largest absolute Gasteiger partial charge is 0.497 e. The van der Waals surface area contributed by atoms with E-state index < -0.39 is 0 Å². The second-order valence-corrected chi connectivity index (χ2v) is 9.16. The Labute approximate surface area is 199 Å². The van der Waals surface area contributed by atoms with E-state index >= 15 is 0 Å². The van der Waals surface area contributed by atoms with Gasteiger partial charge >= 0.3 is 0 Å². The first-order valence-corrected chi connectivity index (χ1v) is 11.8. The fourth-order valence-corrected chi connectivity index (χ4v) is 4.90. The van der Waals surface area contributed by atoms with Gasteiger partial charge in [-0.15, -0.1) is 11.3 Å². The van der Waals surface area contributed by atoms with E-state index in [1.165, 1.54) is 23.1 Å². The fourth-order valence-electron chi connectivity index (χ4n) is 2.99. The molecular formula is C24H21N3O4S2. The number of nitrogens with zero attached hydrogens (tertiary/aromatic N) is 1. The third-order valence-electron chi connectivity index (χ3n) is 4.68. The molecular weight excluding hydrogens is 458 g/mol. The van der Waals surface area contributed by atoms with Crippen molar-refractivity contribution in [1.82, 2.24) is 4.98 Å². The SMILES string of the molecule is COc1ccc(NC(=O)CSc2nc3ccc(NC(=O)c4ccc(OC)cc4)cc3s2)cc1. The van der Waals surface area contributed by atoms with Gasteiger partial charge < -0.3 is 20.1 Å². The summed E-state index contributed by atoms with van der Waals surface area (Å²) in [4.78, 5) is 29.3. The summed E-state index contributed by atoms with van der Waals surface area (Å²) >= 11 is 2.85. The third-order valence-corrected chi connectivity index (χ3v) is 6.84. The van der Waals surface area contributed by atoms with Gasteiger partial charge in [0.05, 0.1) is 30.2 Å². The van der Waals surface area contributed by atoms with Gasteiger partial charge in [-0.05, 0) is 66.7 Å². The quantitative estimate of drug-likeness (QED) is 0.334. The summed E-state index contributed by atoms with van der Waals surface area (Å²) in [7, 11) is 3.18. The van der Waals surface area contributed by atoms with E-state index in [0.717, 1.165) is 20.3 Å². The zero-order valence-electron chi connectivity index (χ0n) is 18.0. The van der Waals surface area contributed by atoms with Crippen molar-refractivity contribution in [3.05, 3.63) is 72.3 Å². The predicted molar refractivity (Wildman–Crippen MR) is 133 cm³/mol. The van der Waals surface area contributed by atoms with E-state index in [4.69, 9.17) is 9.47 Å². The average Bonchev–Trinajstić information content (AvgIpc) is 3.25. The van der Waals surface area contributed by atoms with Gasteiger partial charge in [-0.3, -0.25) is 9.59 Å². The number of carbonyl (C=O) groups is 2. The average molecular weight is 480 g/mol. The number of fused-ring (bicyclic) bond motifs is 1. The Morgan fingerprint density at radius 1 is 0.879 bits per heavy atom. The van der Waals surface area contributed by atoms with Gasteiger partial charge in [-0.2, -0.15) is 0 Å². The molecule has 0 aliphatic heterocycles. The lowest BCUT2D eigenvalue weighted by Crippen LogP contribution is -2.13. The second kappa shape index (κ2) is 10.4. The normalized spacial score (nSPS) is 10.6. The minimum atomic E-state index is -0.202. The summed E-state index contributed by atoms with van der Waals surface area (Å²) in [6.45, 7) is 0. The highest BCUT2D eigenvalue weighted by atomic mass is 32.2. The van der Waals surface area contributed by atoms with Crippen LogP contribution in [0.25, 0.3) is 10.2 Å². The number of aromatic nitrogens is 1. The molecule has 3 aromatic carbocycles. The maximum Gasteiger partial charge on any atom is 0.255 e. The Kier molecular flexibility index (Phi) is 7.11. The van der Waals surface area contributed by atoms with Crippen LogP contribution in [0.5, 0.6) is 11.5 Å². The number of hydrogen-bond donors (Lipinski definition) is 2. The van der Waals surface area contributed by atoms with Gasteiger partial charge in [0.2, 0.25) is 5.91 Å². The highest BCUT2D eigenvalue weighted by molar-refractivity contribution is 8.01. The summed E-state index contributed by atoms with van der Waals surface area (Å²) in [6.07, 6.45) is 0. The first-order chi connectivity index (χ1) is 16.0. The Balaban J connectivity index is 1.35. The summed E-state index contributed by atoms with van der Waals surface area (Å²) in [5.74, 6) is 1.35. The van der Waals surface area contributed by atoms with Crippen LogP contribution in [0.1, 0.15) is 10.4 Å². The van der Waals surface area contributed by atoms with Crippen LogP contribution in [-0.4, -0.2) is 36.8 Å². The van der Waals surface area contributed by atoms with Crippen molar-refractivity contribution in [2.75, 3.05) is 30.6 Å². The van der Waals surface area contributed by atoms with Crippen LogP contribution in [0, 0.1) is 0 Å². The van der Waals surface area contributed by atoms with E-state index in [1.54, 1.807) is 62.8 Å². The van der Waals surface area contributed by atoms with Crippen LogP contribution < -0.4 is 20.1 Å². The molecule has 0 spiro atoms. The van der Waals surface area contributed by atoms with Crippen molar-refractivity contribution >= 4 is 56.5 Å². The van der Waals surface area contributed by atoms with Crippen LogP contribution >= 0.6 is 23.1 Å². The molecule has 0 atom stereocenters. The van der Waals surface area contributed by atoms with Crippen molar-refractivity contribution in [3.63, 3.8) is 0 Å². The lowest BCUT2D eigenvalue weighted by atomic mass is 10.2. The van der Waals surface area contributed by atoms with Crippen molar-refractivity contribution in [1.29, 1.82) is 0 Å². The smallest absolute Gasteiger partial charge is 0.255 e. The van der Waals surface area contributed by atoms with E-state index in [9.17, 15) is 9.59 Å². The minimum Gasteiger partial charge on any atom is -0.497 e. The van der Waals surface area contributed by atoms with Gasteiger partial charge in [0.1, 0.15) is 11.5 Å². The van der Waals surface area contributed by atoms with Crippen LogP contribution in [0.3, 0.4) is 0 Å². The topological polar surface area (TPSA) is 89.5 Å². The monoisotopic (exact) mass is 479 g/mol. The lowest BCUT2D eigenvalue weighted by molar-refractivity contribution is -0.113. The van der Waals surface area contributed by atoms with E-state index in [1.807, 2.05) is 18.2 Å². The van der Waals surface area contributed by atoms with E-state index in [2.05, 4.69) is 15.6 Å². The molecule has 1 heterocycles. The lowest BCUT2D eigenvalue weighted by Gasteiger charge is -2.06. The van der Waals surface area contributed by atoms with Crippen molar-refractivity contribution < 1.29 is 19.1 Å². The molecule has 4 aromatic rings. The second-order valence-electron chi connectivity index (χ2n) is 6.91. The molecule has 168 valence electrons. The first-order valence-electron chi connectivity index (χ1n) is 9.97. The number of carbonyl (C=O) groups excluding carboxylic acids is 2. The number of benzene rings is 3. The highest BCUT2D eigenvalue weighted by Gasteiger charge is 2.11. The van der Waals surface area contributed by atoms with Gasteiger partial charge in [-0.25, -0.2) is 4.98 Å². The van der Waals surface area contributed by atoms with Crippen molar-refractivity contribution in [2.45, 2.75) is 4.34 Å². The number of nitrogens with one attached hydrogen (secondary N) is 2. The molecule has 7 nitrogen and oxygen atoms in total. The standard InChI is InChI=1S/C24H21N3O4S2/c1-30-18-8-3-15(4-9-18)23(29)26-17-7-12-20-21(13-17)33-24(27-20)32-14-22(28)25-16-5-10-19(31-2)11-6-16/h3-13H,14H2,1-2H3,(H,25,28)(H,26,29). The zero-order valence-corrected chi connectivity index (χ0v) is 19.6. The summed E-state index contributed by atoms with van der Waals surface area (Å²) in [5.41, 5.74) is 2.75. The van der Waals surface area contributed by atoms with Gasteiger partial charge in [0, 0.05) is 16.9 Å². The molecule has 0 aliphatic carbocycles. The van der Waals surface area contributed by atoms with Gasteiger partial charge in [0.25, 0.3) is 5.91 Å². The van der Waals surface area contributed by atoms with Crippen LogP contribution in [-0.2, 0) is 4.79 Å². The predicted octanol–water partition coefficient (Wildman–Crippen LogP) is 5.30. The number of anilines is 2. The summed E-state index contributed by atoms with van der Waals surface area (Å²) in [5, 5.41) is 5.76. The Morgan fingerprint density at radius 3 is 2.18 bits per heavy atom. The number of amides is 2. The maximum absolute atomic E-state index is 12.5. The minimum absolute atomic E-state index is 0.114. The number of thiazole rings is 1. The Hall–Kier alpha value is -3.56. The fraction of sp³-hybridized carbons (Fsp3) is 0.125. The molecule has 4 rings (SSSR count). The first kappa shape index (κ1) is 22.6. The molecule has 2 N–H and O–H groups in total. The molecule has 33 heavy (non-hydrogen) atoms. The Bertz CT molecular complexity index is 1270. The molecule has 0 aliphatic rings. The van der Waals surface area contributed by atoms with Crippen LogP contribution in [0.2, 0.25) is 0 Å². The third kappa shape index (κ3) is 5.82. The number of rotatable bonds is 8. The molecule has 9 heteroatoms. The molecule has 1 aromatic heterocycles. The van der Waals surface area contributed by atoms with Crippen molar-refractivity contribution in [3.8, 4) is 11.5 Å². The number of thioether (sulfide) groups is 1. The Morgan fingerprint density at radius 2 is 1.52 bits per heavy atom. The van der Waals surface area contributed by atoms with Crippen LogP contribution in [0.4, 0.5) is 11.4 Å². The van der Waals surface area contributed by atoms with Crippen LogP contribution in [0.15, 0.2) is 71.1 Å².